The predicted octanol–water partition coefficient (Wildman–Crippen LogP) is 0.548. The van der Waals surface area contributed by atoms with Crippen molar-refractivity contribution in [3.63, 3.8) is 0 Å². The summed E-state index contributed by atoms with van der Waals surface area (Å²) in [7, 11) is 0. The van der Waals surface area contributed by atoms with E-state index in [4.69, 9.17) is 38.2 Å². The second-order valence-electron chi connectivity index (χ2n) is 2.23. The Balaban J connectivity index is 3.37. The van der Waals surface area contributed by atoms with Crippen molar-refractivity contribution < 1.29 is 14.9 Å². The van der Waals surface area contributed by atoms with E-state index in [0.717, 1.165) is 0 Å². The molecule has 11 heavy (non-hydrogen) atoms. The average Bonchev–Trinajstić information content (AvgIpc) is 1.99. The molecule has 0 radical (unpaired) electrons. The van der Waals surface area contributed by atoms with Crippen LogP contribution in [0.1, 0.15) is 6.92 Å². The average molecular weight is 203 g/mol. The molecule has 0 saturated heterocycles. The standard InChI is InChI=1S/C6H12Cl2O3/c1-4(2-9)11-3-5(10)6(7)8/h4-6,9-10H,2-3H2,1H3. The summed E-state index contributed by atoms with van der Waals surface area (Å²) in [4.78, 5) is -0.846. The first-order valence-corrected chi connectivity index (χ1v) is 4.14. The number of ether oxygens (including phenoxy) is 1. The molecule has 68 valence electrons. The highest BCUT2D eigenvalue weighted by Crippen LogP contribution is 2.08. The van der Waals surface area contributed by atoms with E-state index in [1.165, 1.54) is 0 Å². The third-order valence-corrected chi connectivity index (χ3v) is 1.68. The number of rotatable bonds is 5. The molecule has 0 amide bonds. The van der Waals surface area contributed by atoms with Gasteiger partial charge < -0.3 is 14.9 Å². The van der Waals surface area contributed by atoms with E-state index in [9.17, 15) is 0 Å². The zero-order chi connectivity index (χ0) is 8.85. The topological polar surface area (TPSA) is 49.7 Å². The van der Waals surface area contributed by atoms with Crippen LogP contribution in [0.15, 0.2) is 0 Å². The highest BCUT2D eigenvalue weighted by molar-refractivity contribution is 6.44. The van der Waals surface area contributed by atoms with Gasteiger partial charge in [-0.1, -0.05) is 0 Å². The van der Waals surface area contributed by atoms with Gasteiger partial charge in [-0.2, -0.15) is 0 Å². The lowest BCUT2D eigenvalue weighted by Crippen LogP contribution is -2.26. The smallest absolute Gasteiger partial charge is 0.135 e. The van der Waals surface area contributed by atoms with Gasteiger partial charge in [-0.05, 0) is 6.92 Å². The van der Waals surface area contributed by atoms with Gasteiger partial charge in [-0.15, -0.1) is 23.2 Å². The summed E-state index contributed by atoms with van der Waals surface area (Å²) < 4.78 is 4.95. The molecule has 5 heteroatoms. The third kappa shape index (κ3) is 5.70. The largest absolute Gasteiger partial charge is 0.394 e. The van der Waals surface area contributed by atoms with E-state index >= 15 is 0 Å². The maximum Gasteiger partial charge on any atom is 0.135 e. The fourth-order valence-corrected chi connectivity index (χ4v) is 0.534. The Morgan fingerprint density at radius 3 is 2.36 bits per heavy atom. The molecule has 2 unspecified atom stereocenters. The van der Waals surface area contributed by atoms with Gasteiger partial charge in [0.15, 0.2) is 0 Å². The van der Waals surface area contributed by atoms with Gasteiger partial charge in [-0.25, -0.2) is 0 Å². The van der Waals surface area contributed by atoms with Crippen molar-refractivity contribution in [1.82, 2.24) is 0 Å². The van der Waals surface area contributed by atoms with Crippen LogP contribution in [0.25, 0.3) is 0 Å². The van der Waals surface area contributed by atoms with Gasteiger partial charge >= 0.3 is 0 Å². The Labute approximate surface area is 75.9 Å². The fourth-order valence-electron chi connectivity index (χ4n) is 0.388. The molecule has 2 atom stereocenters. The van der Waals surface area contributed by atoms with Crippen LogP contribution in [0, 0.1) is 0 Å². The second kappa shape index (κ2) is 6.03. The van der Waals surface area contributed by atoms with Crippen LogP contribution >= 0.6 is 23.2 Å². The van der Waals surface area contributed by atoms with Crippen LogP contribution in [-0.2, 0) is 4.74 Å². The van der Waals surface area contributed by atoms with Crippen LogP contribution < -0.4 is 0 Å². The van der Waals surface area contributed by atoms with Gasteiger partial charge in [-0.3, -0.25) is 0 Å². The summed E-state index contributed by atoms with van der Waals surface area (Å²) in [6, 6.07) is 0. The lowest BCUT2D eigenvalue weighted by molar-refractivity contribution is -0.0192. The lowest BCUT2D eigenvalue weighted by atomic mass is 10.4. The molecular formula is C6H12Cl2O3. The number of alkyl halides is 2. The first-order valence-electron chi connectivity index (χ1n) is 3.26. The molecule has 0 aromatic rings. The third-order valence-electron chi connectivity index (χ3n) is 1.10. The summed E-state index contributed by atoms with van der Waals surface area (Å²) in [6.45, 7) is 1.64. The van der Waals surface area contributed by atoms with Crippen molar-refractivity contribution in [2.75, 3.05) is 13.2 Å². The van der Waals surface area contributed by atoms with E-state index < -0.39 is 10.9 Å². The predicted molar refractivity (Wildman–Crippen MR) is 44.0 cm³/mol. The van der Waals surface area contributed by atoms with Crippen molar-refractivity contribution in [3.05, 3.63) is 0 Å². The van der Waals surface area contributed by atoms with Crippen LogP contribution in [0.2, 0.25) is 0 Å². The molecule has 2 N–H and O–H groups in total. The maximum absolute atomic E-state index is 9.00. The minimum absolute atomic E-state index is 0.0411. The summed E-state index contributed by atoms with van der Waals surface area (Å²) in [5.74, 6) is 0. The quantitative estimate of drug-likeness (QED) is 0.641. The molecule has 0 fully saturated rings. The minimum Gasteiger partial charge on any atom is -0.394 e. The second-order valence-corrected chi connectivity index (χ2v) is 3.39. The number of halogens is 2. The minimum atomic E-state index is -0.896. The molecule has 0 bridgehead atoms. The highest BCUT2D eigenvalue weighted by Gasteiger charge is 2.14. The maximum atomic E-state index is 9.00. The molecule has 0 heterocycles. The molecule has 0 aliphatic heterocycles. The van der Waals surface area contributed by atoms with Crippen molar-refractivity contribution in [3.8, 4) is 0 Å². The van der Waals surface area contributed by atoms with Crippen molar-refractivity contribution >= 4 is 23.2 Å². The first kappa shape index (κ1) is 11.5. The normalized spacial score (nSPS) is 16.9. The summed E-state index contributed by atoms with van der Waals surface area (Å²) >= 11 is 10.7. The van der Waals surface area contributed by atoms with Gasteiger partial charge in [0.1, 0.15) is 10.9 Å². The zero-order valence-corrected chi connectivity index (χ0v) is 7.72. The molecule has 0 aromatic carbocycles. The van der Waals surface area contributed by atoms with E-state index in [0.29, 0.717) is 0 Å². The van der Waals surface area contributed by atoms with Gasteiger partial charge in [0.2, 0.25) is 0 Å². The summed E-state index contributed by atoms with van der Waals surface area (Å²) in [5.41, 5.74) is 0. The SMILES string of the molecule is CC(CO)OCC(O)C(Cl)Cl. The zero-order valence-electron chi connectivity index (χ0n) is 6.20. The number of hydrogen-bond acceptors (Lipinski definition) is 3. The molecule has 3 nitrogen and oxygen atoms in total. The molecular weight excluding hydrogens is 191 g/mol. The summed E-state index contributed by atoms with van der Waals surface area (Å²) in [6.07, 6.45) is -1.19. The fraction of sp³-hybridized carbons (Fsp3) is 1.00. The monoisotopic (exact) mass is 202 g/mol. The Morgan fingerprint density at radius 2 is 2.00 bits per heavy atom. The first-order chi connectivity index (χ1) is 5.07. The van der Waals surface area contributed by atoms with Gasteiger partial charge in [0, 0.05) is 0 Å². The van der Waals surface area contributed by atoms with Crippen LogP contribution in [-0.4, -0.2) is 40.5 Å². The Morgan fingerprint density at radius 1 is 1.45 bits per heavy atom. The van der Waals surface area contributed by atoms with Crippen LogP contribution in [0.5, 0.6) is 0 Å². The number of aliphatic hydroxyl groups is 2. The van der Waals surface area contributed by atoms with Crippen LogP contribution in [0.4, 0.5) is 0 Å². The van der Waals surface area contributed by atoms with Crippen molar-refractivity contribution in [2.45, 2.75) is 24.0 Å². The highest BCUT2D eigenvalue weighted by atomic mass is 35.5. The van der Waals surface area contributed by atoms with E-state index in [-0.39, 0.29) is 19.3 Å². The van der Waals surface area contributed by atoms with Crippen molar-refractivity contribution in [2.24, 2.45) is 0 Å². The Hall–Kier alpha value is 0.460. The van der Waals surface area contributed by atoms with E-state index in [2.05, 4.69) is 0 Å². The molecule has 0 aliphatic rings. The Kier molecular flexibility index (Phi) is 6.28. The van der Waals surface area contributed by atoms with Gasteiger partial charge in [0.05, 0.1) is 19.3 Å². The molecule has 0 aliphatic carbocycles. The van der Waals surface area contributed by atoms with Crippen molar-refractivity contribution in [1.29, 1.82) is 0 Å². The molecule has 0 saturated carbocycles. The number of hydrogen-bond donors (Lipinski definition) is 2. The molecule has 0 aromatic heterocycles. The summed E-state index contributed by atoms with van der Waals surface area (Å²) in [5, 5.41) is 17.5. The lowest BCUT2D eigenvalue weighted by Gasteiger charge is -2.14. The number of aliphatic hydroxyl groups excluding tert-OH is 2. The van der Waals surface area contributed by atoms with E-state index in [1.807, 2.05) is 0 Å². The van der Waals surface area contributed by atoms with Crippen LogP contribution in [0.3, 0.4) is 0 Å². The molecule has 0 rings (SSSR count). The van der Waals surface area contributed by atoms with Gasteiger partial charge in [0.25, 0.3) is 0 Å². The molecule has 0 spiro atoms. The Bertz CT molecular complexity index is 99.8. The van der Waals surface area contributed by atoms with E-state index in [1.54, 1.807) is 6.92 Å².